The number of rotatable bonds is 1. The van der Waals surface area contributed by atoms with Gasteiger partial charge in [-0.25, -0.2) is 9.97 Å². The zero-order valence-corrected chi connectivity index (χ0v) is 9.43. The molecule has 2 nitrogen and oxygen atoms in total. The molecule has 0 atom stereocenters. The van der Waals surface area contributed by atoms with Gasteiger partial charge in [0.05, 0.1) is 22.1 Å². The highest BCUT2D eigenvalue weighted by Gasteiger charge is 2.25. The lowest BCUT2D eigenvalue weighted by Gasteiger charge is -2.05. The predicted molar refractivity (Wildman–Crippen MR) is 69.0 cm³/mol. The molecule has 1 fully saturated rings. The molecular formula is C15H12N2. The first-order valence-corrected chi connectivity index (χ1v) is 6.07. The number of para-hydroxylation sites is 3. The zero-order chi connectivity index (χ0) is 11.2. The monoisotopic (exact) mass is 220 g/mol. The predicted octanol–water partition coefficient (Wildman–Crippen LogP) is 3.66. The summed E-state index contributed by atoms with van der Waals surface area (Å²) in [4.78, 5) is 9.46. The van der Waals surface area contributed by atoms with E-state index in [4.69, 9.17) is 4.98 Å². The van der Waals surface area contributed by atoms with Crippen molar-refractivity contribution >= 4 is 22.1 Å². The van der Waals surface area contributed by atoms with Gasteiger partial charge in [-0.15, -0.1) is 0 Å². The second-order valence-electron chi connectivity index (χ2n) is 4.70. The Kier molecular flexibility index (Phi) is 1.75. The van der Waals surface area contributed by atoms with Crippen molar-refractivity contribution in [3.63, 3.8) is 0 Å². The Hall–Kier alpha value is -1.96. The molecule has 17 heavy (non-hydrogen) atoms. The SMILES string of the molecule is c1ccc2nc3c(C4CC4)cccc3nc2c1. The molecule has 2 aromatic carbocycles. The van der Waals surface area contributed by atoms with Crippen LogP contribution in [0.1, 0.15) is 24.3 Å². The molecule has 3 aromatic rings. The maximum Gasteiger partial charge on any atom is 0.0929 e. The fourth-order valence-corrected chi connectivity index (χ4v) is 2.39. The van der Waals surface area contributed by atoms with E-state index in [9.17, 15) is 0 Å². The summed E-state index contributed by atoms with van der Waals surface area (Å²) < 4.78 is 0. The number of nitrogens with zero attached hydrogens (tertiary/aromatic N) is 2. The second kappa shape index (κ2) is 3.27. The molecule has 1 aliphatic carbocycles. The summed E-state index contributed by atoms with van der Waals surface area (Å²) in [6.07, 6.45) is 2.60. The van der Waals surface area contributed by atoms with E-state index in [0.717, 1.165) is 22.1 Å². The molecule has 4 rings (SSSR count). The van der Waals surface area contributed by atoms with Crippen LogP contribution in [0.4, 0.5) is 0 Å². The third kappa shape index (κ3) is 1.41. The first-order chi connectivity index (χ1) is 8.42. The van der Waals surface area contributed by atoms with Crippen LogP contribution in [0, 0.1) is 0 Å². The van der Waals surface area contributed by atoms with Crippen molar-refractivity contribution in [3.8, 4) is 0 Å². The number of hydrogen-bond acceptors (Lipinski definition) is 2. The van der Waals surface area contributed by atoms with Gasteiger partial charge in [0.2, 0.25) is 0 Å². The van der Waals surface area contributed by atoms with E-state index >= 15 is 0 Å². The van der Waals surface area contributed by atoms with Crippen molar-refractivity contribution in [3.05, 3.63) is 48.0 Å². The molecule has 2 heteroatoms. The fourth-order valence-electron chi connectivity index (χ4n) is 2.39. The molecule has 0 unspecified atom stereocenters. The van der Waals surface area contributed by atoms with Crippen molar-refractivity contribution in [2.45, 2.75) is 18.8 Å². The first kappa shape index (κ1) is 9.11. The van der Waals surface area contributed by atoms with Gasteiger partial charge in [0, 0.05) is 0 Å². The summed E-state index contributed by atoms with van der Waals surface area (Å²) in [6.45, 7) is 0. The number of fused-ring (bicyclic) bond motifs is 2. The van der Waals surface area contributed by atoms with Gasteiger partial charge >= 0.3 is 0 Å². The lowest BCUT2D eigenvalue weighted by atomic mass is 10.1. The summed E-state index contributed by atoms with van der Waals surface area (Å²) in [5.41, 5.74) is 5.46. The molecular weight excluding hydrogens is 208 g/mol. The number of benzene rings is 2. The lowest BCUT2D eigenvalue weighted by molar-refractivity contribution is 1.14. The molecule has 1 heterocycles. The van der Waals surface area contributed by atoms with Gasteiger partial charge < -0.3 is 0 Å². The Bertz CT molecular complexity index is 714. The van der Waals surface area contributed by atoms with E-state index in [1.165, 1.54) is 18.4 Å². The van der Waals surface area contributed by atoms with Crippen molar-refractivity contribution in [2.75, 3.05) is 0 Å². The van der Waals surface area contributed by atoms with Crippen LogP contribution in [0.15, 0.2) is 42.5 Å². The first-order valence-electron chi connectivity index (χ1n) is 6.07. The fraction of sp³-hybridized carbons (Fsp3) is 0.200. The van der Waals surface area contributed by atoms with E-state index in [1.54, 1.807) is 0 Å². The van der Waals surface area contributed by atoms with Gasteiger partial charge in [0.25, 0.3) is 0 Å². The third-order valence-electron chi connectivity index (χ3n) is 3.42. The van der Waals surface area contributed by atoms with Crippen LogP contribution in [-0.2, 0) is 0 Å². The normalized spacial score (nSPS) is 15.5. The maximum atomic E-state index is 4.78. The van der Waals surface area contributed by atoms with Crippen LogP contribution < -0.4 is 0 Å². The van der Waals surface area contributed by atoms with Crippen molar-refractivity contribution in [1.29, 1.82) is 0 Å². The minimum absolute atomic E-state index is 0.717. The van der Waals surface area contributed by atoms with Crippen LogP contribution in [0.3, 0.4) is 0 Å². The van der Waals surface area contributed by atoms with Gasteiger partial charge in [-0.3, -0.25) is 0 Å². The smallest absolute Gasteiger partial charge is 0.0929 e. The maximum absolute atomic E-state index is 4.78. The summed E-state index contributed by atoms with van der Waals surface area (Å²) in [5, 5.41) is 0. The molecule has 0 bridgehead atoms. The minimum Gasteiger partial charge on any atom is -0.244 e. The average Bonchev–Trinajstić information content (AvgIpc) is 3.20. The molecule has 0 N–H and O–H groups in total. The molecule has 0 aliphatic heterocycles. The molecule has 0 spiro atoms. The Labute approximate surface area is 99.3 Å². The lowest BCUT2D eigenvalue weighted by Crippen LogP contribution is -1.91. The summed E-state index contributed by atoms with van der Waals surface area (Å²) in [5.74, 6) is 0.717. The van der Waals surface area contributed by atoms with Crippen molar-refractivity contribution < 1.29 is 0 Å². The van der Waals surface area contributed by atoms with Gasteiger partial charge in [-0.1, -0.05) is 24.3 Å². The van der Waals surface area contributed by atoms with E-state index in [-0.39, 0.29) is 0 Å². The van der Waals surface area contributed by atoms with Gasteiger partial charge in [0.15, 0.2) is 0 Å². The molecule has 1 aromatic heterocycles. The highest BCUT2D eigenvalue weighted by Crippen LogP contribution is 2.42. The van der Waals surface area contributed by atoms with Crippen molar-refractivity contribution in [2.24, 2.45) is 0 Å². The summed E-state index contributed by atoms with van der Waals surface area (Å²) in [7, 11) is 0. The Morgan fingerprint density at radius 2 is 1.47 bits per heavy atom. The Morgan fingerprint density at radius 1 is 0.765 bits per heavy atom. The largest absolute Gasteiger partial charge is 0.244 e. The summed E-state index contributed by atoms with van der Waals surface area (Å²) in [6, 6.07) is 14.4. The highest BCUT2D eigenvalue weighted by atomic mass is 14.8. The number of aromatic nitrogens is 2. The van der Waals surface area contributed by atoms with Crippen LogP contribution in [0.25, 0.3) is 22.1 Å². The topological polar surface area (TPSA) is 25.8 Å². The van der Waals surface area contributed by atoms with Gasteiger partial charge in [0.1, 0.15) is 0 Å². The Balaban J connectivity index is 2.12. The zero-order valence-electron chi connectivity index (χ0n) is 9.43. The third-order valence-corrected chi connectivity index (χ3v) is 3.42. The van der Waals surface area contributed by atoms with Crippen LogP contribution in [-0.4, -0.2) is 9.97 Å². The molecule has 1 saturated carbocycles. The molecule has 0 saturated heterocycles. The average molecular weight is 220 g/mol. The van der Waals surface area contributed by atoms with Crippen LogP contribution >= 0.6 is 0 Å². The molecule has 0 radical (unpaired) electrons. The second-order valence-corrected chi connectivity index (χ2v) is 4.70. The quantitative estimate of drug-likeness (QED) is 0.585. The van der Waals surface area contributed by atoms with Crippen molar-refractivity contribution in [1.82, 2.24) is 9.97 Å². The van der Waals surface area contributed by atoms with Gasteiger partial charge in [-0.05, 0) is 42.5 Å². The van der Waals surface area contributed by atoms with E-state index in [1.807, 2.05) is 24.3 Å². The number of hydrogen-bond donors (Lipinski definition) is 0. The standard InChI is InChI=1S/C15H12N2/c1-2-6-13-12(5-1)16-14-7-3-4-11(10-8-9-10)15(14)17-13/h1-7,10H,8-9H2. The highest BCUT2D eigenvalue weighted by molar-refractivity contribution is 5.88. The minimum atomic E-state index is 0.717. The molecule has 1 aliphatic rings. The molecule has 0 amide bonds. The van der Waals surface area contributed by atoms with E-state index in [0.29, 0.717) is 5.92 Å². The van der Waals surface area contributed by atoms with E-state index in [2.05, 4.69) is 23.2 Å². The van der Waals surface area contributed by atoms with E-state index < -0.39 is 0 Å². The van der Waals surface area contributed by atoms with Gasteiger partial charge in [-0.2, -0.15) is 0 Å². The Morgan fingerprint density at radius 3 is 2.24 bits per heavy atom. The van der Waals surface area contributed by atoms with Crippen LogP contribution in [0.5, 0.6) is 0 Å². The summed E-state index contributed by atoms with van der Waals surface area (Å²) >= 11 is 0. The molecule has 82 valence electrons. The van der Waals surface area contributed by atoms with Crippen LogP contribution in [0.2, 0.25) is 0 Å².